The van der Waals surface area contributed by atoms with Gasteiger partial charge in [-0.25, -0.2) is 0 Å². The fourth-order valence-electron chi connectivity index (χ4n) is 4.24. The van der Waals surface area contributed by atoms with Crippen molar-refractivity contribution in [1.29, 1.82) is 0 Å². The number of unbranched alkanes of at least 4 members (excludes halogenated alkanes) is 3. The van der Waals surface area contributed by atoms with Gasteiger partial charge in [0, 0.05) is 6.54 Å². The van der Waals surface area contributed by atoms with Crippen LogP contribution in [0.25, 0.3) is 0 Å². The number of hydrogen-bond acceptors (Lipinski definition) is 6. The second kappa shape index (κ2) is 10.5. The zero-order chi connectivity index (χ0) is 20.1. The average molecular weight is 393 g/mol. The molecule has 28 heavy (non-hydrogen) atoms. The van der Waals surface area contributed by atoms with Crippen LogP contribution in [0.4, 0.5) is 0 Å². The Bertz CT molecular complexity index is 516. The van der Waals surface area contributed by atoms with Gasteiger partial charge >= 0.3 is 21.3 Å². The lowest BCUT2D eigenvalue weighted by Crippen LogP contribution is -2.47. The third-order valence-electron chi connectivity index (χ3n) is 5.83. The highest BCUT2D eigenvalue weighted by Gasteiger charge is 2.55. The van der Waals surface area contributed by atoms with E-state index < -0.39 is 12.2 Å². The highest BCUT2D eigenvalue weighted by molar-refractivity contribution is 6.54. The summed E-state index contributed by atoms with van der Waals surface area (Å²) in [6, 6.07) is 0. The summed E-state index contributed by atoms with van der Waals surface area (Å²) in [5.41, 5.74) is 0. The molecule has 10 heteroatoms. The topological polar surface area (TPSA) is 66.5 Å². The minimum atomic E-state index is -0.637. The molecule has 0 radical (unpaired) electrons. The highest BCUT2D eigenvalue weighted by Crippen LogP contribution is 2.33. The van der Waals surface area contributed by atoms with Gasteiger partial charge in [0.05, 0.1) is 18.8 Å². The minimum Gasteiger partial charge on any atom is -0.408 e. The molecule has 3 saturated heterocycles. The summed E-state index contributed by atoms with van der Waals surface area (Å²) in [4.78, 5) is 15.1. The van der Waals surface area contributed by atoms with Crippen LogP contribution < -0.4 is 0 Å². The molecule has 3 aliphatic rings. The van der Waals surface area contributed by atoms with E-state index in [9.17, 15) is 4.79 Å². The predicted molar refractivity (Wildman–Crippen MR) is 110 cm³/mol. The first-order valence-electron chi connectivity index (χ1n) is 11.2. The number of nitrogens with zero attached hydrogens (tertiary/aromatic N) is 1. The maximum absolute atomic E-state index is 13.2. The molecule has 0 aromatic heterocycles. The maximum atomic E-state index is 13.2. The van der Waals surface area contributed by atoms with Crippen molar-refractivity contribution in [2.75, 3.05) is 13.2 Å². The monoisotopic (exact) mass is 393 g/mol. The number of amides is 1. The molecule has 4 atom stereocenters. The van der Waals surface area contributed by atoms with Crippen molar-refractivity contribution in [3.8, 4) is 0 Å². The smallest absolute Gasteiger partial charge is 0.408 e. The summed E-state index contributed by atoms with van der Waals surface area (Å²) in [6.07, 6.45) is 5.11. The highest BCUT2D eigenvalue weighted by atomic mass is 16.7. The molecule has 0 aliphatic carbocycles. The summed E-state index contributed by atoms with van der Waals surface area (Å²) in [5.74, 6) is 0.0182. The van der Waals surface area contributed by atoms with Crippen molar-refractivity contribution in [2.45, 2.75) is 96.8 Å². The summed E-state index contributed by atoms with van der Waals surface area (Å²) < 4.78 is 30.1. The molecule has 156 valence electrons. The van der Waals surface area contributed by atoms with E-state index in [2.05, 4.69) is 13.8 Å². The average Bonchev–Trinajstić information content (AvgIpc) is 3.42. The molecule has 0 aromatic carbocycles. The van der Waals surface area contributed by atoms with E-state index in [4.69, 9.17) is 23.3 Å². The van der Waals surface area contributed by atoms with E-state index in [0.717, 1.165) is 38.3 Å². The molecule has 1 amide bonds. The lowest BCUT2D eigenvalue weighted by Gasteiger charge is -2.27. The zero-order valence-electron chi connectivity index (χ0n) is 17.8. The molecule has 0 N–H and O–H groups in total. The zero-order valence-corrected chi connectivity index (χ0v) is 17.8. The van der Waals surface area contributed by atoms with Gasteiger partial charge in [0.15, 0.2) is 0 Å². The lowest BCUT2D eigenvalue weighted by atomic mass is 9.78. The van der Waals surface area contributed by atoms with Crippen LogP contribution in [-0.4, -0.2) is 69.6 Å². The van der Waals surface area contributed by atoms with Crippen LogP contribution in [0, 0.1) is 0 Å². The van der Waals surface area contributed by atoms with E-state index in [1.807, 2.05) is 18.7 Å². The predicted octanol–water partition coefficient (Wildman–Crippen LogP) is 2.52. The van der Waals surface area contributed by atoms with Crippen molar-refractivity contribution in [2.24, 2.45) is 0 Å². The Hall–Kier alpha value is -0.535. The molecular weight excluding hydrogens is 359 g/mol. The van der Waals surface area contributed by atoms with Gasteiger partial charge < -0.3 is 28.1 Å². The first kappa shape index (κ1) is 22.2. The van der Waals surface area contributed by atoms with Crippen molar-refractivity contribution in [3.05, 3.63) is 0 Å². The summed E-state index contributed by atoms with van der Waals surface area (Å²) in [7, 11) is -0.740. The van der Waals surface area contributed by atoms with Crippen molar-refractivity contribution >= 4 is 27.2 Å². The van der Waals surface area contributed by atoms with Crippen molar-refractivity contribution in [1.82, 2.24) is 4.81 Å². The Balaban J connectivity index is 1.67. The molecule has 0 spiro atoms. The fraction of sp³-hybridized carbons (Fsp3) is 0.944. The Labute approximate surface area is 170 Å². The van der Waals surface area contributed by atoms with Crippen LogP contribution in [0.5, 0.6) is 0 Å². The Morgan fingerprint density at radius 2 is 1.64 bits per heavy atom. The lowest BCUT2D eigenvalue weighted by molar-refractivity contribution is -0.134. The van der Waals surface area contributed by atoms with Crippen LogP contribution >= 0.6 is 0 Å². The number of rotatable bonds is 10. The van der Waals surface area contributed by atoms with Gasteiger partial charge in [-0.2, -0.15) is 0 Å². The van der Waals surface area contributed by atoms with Gasteiger partial charge in [-0.15, -0.1) is 0 Å². The van der Waals surface area contributed by atoms with Gasteiger partial charge in [0.25, 0.3) is 0 Å². The van der Waals surface area contributed by atoms with E-state index in [-0.39, 0.29) is 39.4 Å². The van der Waals surface area contributed by atoms with Crippen LogP contribution in [0.15, 0.2) is 0 Å². The van der Waals surface area contributed by atoms with Crippen LogP contribution in [0.2, 0.25) is 19.0 Å². The third kappa shape index (κ3) is 4.78. The molecule has 3 rings (SSSR count). The van der Waals surface area contributed by atoms with Gasteiger partial charge in [-0.3, -0.25) is 4.79 Å². The van der Waals surface area contributed by atoms with Crippen molar-refractivity contribution < 1.29 is 28.1 Å². The first-order chi connectivity index (χ1) is 13.6. The normalized spacial score (nSPS) is 30.9. The molecule has 0 aromatic rings. The number of hydrogen-bond donors (Lipinski definition) is 0. The van der Waals surface area contributed by atoms with Crippen LogP contribution in [0.3, 0.4) is 0 Å². The van der Waals surface area contributed by atoms with E-state index in [1.165, 1.54) is 12.8 Å². The molecule has 0 bridgehead atoms. The van der Waals surface area contributed by atoms with E-state index >= 15 is 0 Å². The maximum Gasteiger partial charge on any atom is 0.457 e. The Kier molecular flexibility index (Phi) is 8.29. The largest absolute Gasteiger partial charge is 0.457 e. The molecule has 3 aliphatic heterocycles. The molecule has 0 saturated carbocycles. The molecule has 7 nitrogen and oxygen atoms in total. The molecule has 3 fully saturated rings. The Morgan fingerprint density at radius 1 is 0.893 bits per heavy atom. The van der Waals surface area contributed by atoms with Gasteiger partial charge in [-0.05, 0) is 25.4 Å². The molecular formula is C18H34B3NO6. The van der Waals surface area contributed by atoms with Gasteiger partial charge in [0.1, 0.15) is 12.2 Å². The quantitative estimate of drug-likeness (QED) is 0.420. The molecule has 4 unspecified atom stereocenters. The van der Waals surface area contributed by atoms with E-state index in [1.54, 1.807) is 0 Å². The van der Waals surface area contributed by atoms with Crippen molar-refractivity contribution in [3.63, 3.8) is 0 Å². The second-order valence-electron chi connectivity index (χ2n) is 7.90. The summed E-state index contributed by atoms with van der Waals surface area (Å²) >= 11 is 0. The standard InChI is InChI=1S/C18H34B3NO6/c1-5-9-10-11-12-22-18(23)17(26-19(22)6-2)16-15(27-21(8-4)28-16)14-13-24-20(7-3)25-14/h14-17H,5-13H2,1-4H3. The second-order valence-corrected chi connectivity index (χ2v) is 7.90. The van der Waals surface area contributed by atoms with Crippen LogP contribution in [-0.2, 0) is 28.1 Å². The first-order valence-corrected chi connectivity index (χ1v) is 11.2. The van der Waals surface area contributed by atoms with E-state index in [0.29, 0.717) is 6.61 Å². The Morgan fingerprint density at radius 3 is 2.29 bits per heavy atom. The molecule has 3 heterocycles. The van der Waals surface area contributed by atoms with Gasteiger partial charge in [-0.1, -0.05) is 47.0 Å². The van der Waals surface area contributed by atoms with Gasteiger partial charge in [0.2, 0.25) is 5.91 Å². The fourth-order valence-corrected chi connectivity index (χ4v) is 4.24. The number of carbonyl (C=O) groups excluding carboxylic acids is 1. The summed E-state index contributed by atoms with van der Waals surface area (Å²) in [6.45, 7) is 9.48. The third-order valence-corrected chi connectivity index (χ3v) is 5.83. The minimum absolute atomic E-state index is 0.0182. The summed E-state index contributed by atoms with van der Waals surface area (Å²) in [5, 5.41) is 0. The van der Waals surface area contributed by atoms with Crippen LogP contribution in [0.1, 0.15) is 53.4 Å². The SMILES string of the molecule is CCCCCCN1B(CC)OC(C2OB(CC)OC2C2COB(CC)O2)C1=O. The number of carbonyl (C=O) groups is 1.